The fourth-order valence-corrected chi connectivity index (χ4v) is 1.78. The van der Waals surface area contributed by atoms with Crippen LogP contribution in [0.15, 0.2) is 48.5 Å². The molecule has 4 nitrogen and oxygen atoms in total. The summed E-state index contributed by atoms with van der Waals surface area (Å²) in [7, 11) is 0. The molecule has 2 N–H and O–H groups in total. The number of benzene rings is 2. The van der Waals surface area contributed by atoms with Crippen molar-refractivity contribution < 1.29 is 19.0 Å². The van der Waals surface area contributed by atoms with E-state index < -0.39 is 11.9 Å². The Morgan fingerprint density at radius 2 is 1.90 bits per heavy atom. The van der Waals surface area contributed by atoms with Gasteiger partial charge in [-0.05, 0) is 17.2 Å². The molecule has 1 amide bonds. The fraction of sp³-hybridized carbons (Fsp3) is 0.188. The second kappa shape index (κ2) is 7.40. The predicted octanol–water partition coefficient (Wildman–Crippen LogP) is 2.74. The average Bonchev–Trinajstić information content (AvgIpc) is 2.52. The number of rotatable bonds is 5. The monoisotopic (exact) mass is 289 g/mol. The van der Waals surface area contributed by atoms with Crippen molar-refractivity contribution >= 4 is 6.09 Å². The van der Waals surface area contributed by atoms with E-state index in [1.54, 1.807) is 6.07 Å². The molecule has 5 heteroatoms. The molecule has 0 aliphatic heterocycles. The lowest BCUT2D eigenvalue weighted by Gasteiger charge is -2.08. The molecular weight excluding hydrogens is 273 g/mol. The van der Waals surface area contributed by atoms with E-state index in [9.17, 15) is 9.18 Å². The van der Waals surface area contributed by atoms with Gasteiger partial charge in [-0.15, -0.1) is 0 Å². The smallest absolute Gasteiger partial charge is 0.407 e. The summed E-state index contributed by atoms with van der Waals surface area (Å²) in [6.07, 6.45) is -0.564. The molecule has 0 bridgehead atoms. The summed E-state index contributed by atoms with van der Waals surface area (Å²) >= 11 is 0. The molecule has 0 aliphatic carbocycles. The first kappa shape index (κ1) is 15.0. The summed E-state index contributed by atoms with van der Waals surface area (Å²) in [5.41, 5.74) is 1.72. The molecule has 0 unspecified atom stereocenters. The van der Waals surface area contributed by atoms with E-state index in [-0.39, 0.29) is 25.3 Å². The SMILES string of the molecule is O=C(NCc1ccc(CO)c(F)c1)OCc1ccccc1. The Bertz CT molecular complexity index is 602. The third-order valence-corrected chi connectivity index (χ3v) is 2.94. The Hall–Kier alpha value is -2.40. The van der Waals surface area contributed by atoms with E-state index in [1.807, 2.05) is 30.3 Å². The summed E-state index contributed by atoms with van der Waals surface area (Å²) in [5.74, 6) is -0.491. The molecule has 0 aromatic heterocycles. The van der Waals surface area contributed by atoms with Crippen LogP contribution in [0, 0.1) is 5.82 Å². The number of carbonyl (C=O) groups excluding carboxylic acids is 1. The maximum absolute atomic E-state index is 13.4. The van der Waals surface area contributed by atoms with Crippen molar-refractivity contribution in [3.63, 3.8) is 0 Å². The summed E-state index contributed by atoms with van der Waals surface area (Å²) in [4.78, 5) is 11.5. The zero-order chi connectivity index (χ0) is 15.1. The minimum atomic E-state index is -0.564. The number of nitrogens with one attached hydrogen (secondary N) is 1. The Morgan fingerprint density at radius 3 is 2.57 bits per heavy atom. The largest absolute Gasteiger partial charge is 0.445 e. The zero-order valence-electron chi connectivity index (χ0n) is 11.4. The molecule has 2 aromatic rings. The van der Waals surface area contributed by atoms with E-state index in [0.717, 1.165) is 5.56 Å². The van der Waals surface area contributed by atoms with Gasteiger partial charge in [0, 0.05) is 12.1 Å². The van der Waals surface area contributed by atoms with Crippen molar-refractivity contribution in [3.05, 3.63) is 71.0 Å². The van der Waals surface area contributed by atoms with E-state index in [4.69, 9.17) is 9.84 Å². The van der Waals surface area contributed by atoms with Crippen LogP contribution in [0.5, 0.6) is 0 Å². The van der Waals surface area contributed by atoms with Gasteiger partial charge in [0.15, 0.2) is 0 Å². The lowest BCUT2D eigenvalue weighted by molar-refractivity contribution is 0.139. The van der Waals surface area contributed by atoms with Gasteiger partial charge in [0.2, 0.25) is 0 Å². The highest BCUT2D eigenvalue weighted by molar-refractivity contribution is 5.67. The van der Waals surface area contributed by atoms with Gasteiger partial charge in [0.25, 0.3) is 0 Å². The van der Waals surface area contributed by atoms with Crippen LogP contribution in [0.4, 0.5) is 9.18 Å². The zero-order valence-corrected chi connectivity index (χ0v) is 11.4. The normalized spacial score (nSPS) is 10.2. The molecule has 2 aromatic carbocycles. The van der Waals surface area contributed by atoms with Crippen LogP contribution >= 0.6 is 0 Å². The number of aliphatic hydroxyl groups excluding tert-OH is 1. The molecule has 2 rings (SSSR count). The lowest BCUT2D eigenvalue weighted by atomic mass is 10.1. The molecule has 0 radical (unpaired) electrons. The molecular formula is C16H16FNO3. The van der Waals surface area contributed by atoms with Crippen LogP contribution in [-0.4, -0.2) is 11.2 Å². The molecule has 110 valence electrons. The molecule has 0 atom stereocenters. The number of hydrogen-bond acceptors (Lipinski definition) is 3. The van der Waals surface area contributed by atoms with Crippen molar-refractivity contribution in [2.24, 2.45) is 0 Å². The number of alkyl carbamates (subject to hydrolysis) is 1. The third kappa shape index (κ3) is 4.57. The van der Waals surface area contributed by atoms with Crippen LogP contribution < -0.4 is 5.32 Å². The molecule has 0 aliphatic rings. The molecule has 21 heavy (non-hydrogen) atoms. The highest BCUT2D eigenvalue weighted by Gasteiger charge is 2.05. The van der Waals surface area contributed by atoms with E-state index in [1.165, 1.54) is 12.1 Å². The topological polar surface area (TPSA) is 58.6 Å². The fourth-order valence-electron chi connectivity index (χ4n) is 1.78. The van der Waals surface area contributed by atoms with Crippen molar-refractivity contribution in [2.45, 2.75) is 19.8 Å². The van der Waals surface area contributed by atoms with Gasteiger partial charge < -0.3 is 15.2 Å². The first-order valence-corrected chi connectivity index (χ1v) is 6.52. The van der Waals surface area contributed by atoms with E-state index in [0.29, 0.717) is 5.56 Å². The molecule has 0 spiro atoms. The van der Waals surface area contributed by atoms with Crippen molar-refractivity contribution in [2.75, 3.05) is 0 Å². The highest BCUT2D eigenvalue weighted by Crippen LogP contribution is 2.10. The van der Waals surface area contributed by atoms with Crippen LogP contribution in [0.3, 0.4) is 0 Å². The van der Waals surface area contributed by atoms with Gasteiger partial charge in [-0.3, -0.25) is 0 Å². The average molecular weight is 289 g/mol. The van der Waals surface area contributed by atoms with Crippen molar-refractivity contribution in [3.8, 4) is 0 Å². The summed E-state index contributed by atoms with van der Waals surface area (Å²) in [5, 5.41) is 11.4. The van der Waals surface area contributed by atoms with Crippen LogP contribution in [-0.2, 0) is 24.5 Å². The van der Waals surface area contributed by atoms with E-state index in [2.05, 4.69) is 5.32 Å². The Morgan fingerprint density at radius 1 is 1.14 bits per heavy atom. The van der Waals surface area contributed by atoms with Crippen LogP contribution in [0.25, 0.3) is 0 Å². The number of aliphatic hydroxyl groups is 1. The van der Waals surface area contributed by atoms with Gasteiger partial charge >= 0.3 is 6.09 Å². The molecule has 0 saturated heterocycles. The number of carbonyl (C=O) groups is 1. The third-order valence-electron chi connectivity index (χ3n) is 2.94. The summed E-state index contributed by atoms with van der Waals surface area (Å²) < 4.78 is 18.5. The second-order valence-corrected chi connectivity index (χ2v) is 4.50. The standard InChI is InChI=1S/C16H16FNO3/c17-15-8-13(6-7-14(15)10-19)9-18-16(20)21-11-12-4-2-1-3-5-12/h1-8,19H,9-11H2,(H,18,20). The van der Waals surface area contributed by atoms with Gasteiger partial charge in [-0.2, -0.15) is 0 Å². The second-order valence-electron chi connectivity index (χ2n) is 4.50. The van der Waals surface area contributed by atoms with Gasteiger partial charge in [0.1, 0.15) is 12.4 Å². The van der Waals surface area contributed by atoms with Gasteiger partial charge in [0.05, 0.1) is 6.61 Å². The Balaban J connectivity index is 1.80. The summed E-state index contributed by atoms with van der Waals surface area (Å²) in [6.45, 7) is -0.000600. The Labute approximate surface area is 122 Å². The lowest BCUT2D eigenvalue weighted by Crippen LogP contribution is -2.23. The van der Waals surface area contributed by atoms with Crippen LogP contribution in [0.2, 0.25) is 0 Å². The number of ether oxygens (including phenoxy) is 1. The van der Waals surface area contributed by atoms with Gasteiger partial charge in [-0.1, -0.05) is 42.5 Å². The van der Waals surface area contributed by atoms with E-state index >= 15 is 0 Å². The predicted molar refractivity (Wildman–Crippen MR) is 75.8 cm³/mol. The quantitative estimate of drug-likeness (QED) is 0.889. The maximum Gasteiger partial charge on any atom is 0.407 e. The number of hydrogen-bond donors (Lipinski definition) is 2. The first-order valence-electron chi connectivity index (χ1n) is 6.52. The Kier molecular flexibility index (Phi) is 5.29. The van der Waals surface area contributed by atoms with Crippen molar-refractivity contribution in [1.82, 2.24) is 5.32 Å². The molecule has 0 saturated carbocycles. The van der Waals surface area contributed by atoms with Gasteiger partial charge in [-0.25, -0.2) is 9.18 Å². The maximum atomic E-state index is 13.4. The van der Waals surface area contributed by atoms with Crippen molar-refractivity contribution in [1.29, 1.82) is 0 Å². The first-order chi connectivity index (χ1) is 10.2. The molecule has 0 heterocycles. The molecule has 0 fully saturated rings. The summed E-state index contributed by atoms with van der Waals surface area (Å²) in [6, 6.07) is 13.7. The minimum Gasteiger partial charge on any atom is -0.445 e. The minimum absolute atomic E-state index is 0.163. The number of halogens is 1. The highest BCUT2D eigenvalue weighted by atomic mass is 19.1. The number of amides is 1. The van der Waals surface area contributed by atoms with Crippen LogP contribution in [0.1, 0.15) is 16.7 Å².